The first kappa shape index (κ1) is 30.3. The van der Waals surface area contributed by atoms with E-state index in [1.54, 1.807) is 43.5 Å². The molecule has 0 saturated carbocycles. The second-order valence-corrected chi connectivity index (χ2v) is 18.1. The Morgan fingerprint density at radius 2 is 1.75 bits per heavy atom. The summed E-state index contributed by atoms with van der Waals surface area (Å²) in [7, 11) is 0.961. The molecule has 2 heterocycles. The second kappa shape index (κ2) is 12.0. The van der Waals surface area contributed by atoms with E-state index >= 15 is 0 Å². The van der Waals surface area contributed by atoms with Gasteiger partial charge in [0.1, 0.15) is 11.2 Å². The second-order valence-electron chi connectivity index (χ2n) is 11.6. The fraction of sp³-hybridized carbons (Fsp3) is 0.355. The number of ether oxygens (including phenoxy) is 1. The van der Waals surface area contributed by atoms with E-state index in [-0.39, 0.29) is 18.2 Å². The first-order valence-corrected chi connectivity index (χ1v) is 17.7. The van der Waals surface area contributed by atoms with Gasteiger partial charge in [-0.15, -0.1) is 0 Å². The van der Waals surface area contributed by atoms with Gasteiger partial charge in [-0.05, 0) is 71.6 Å². The van der Waals surface area contributed by atoms with Gasteiger partial charge >= 0.3 is 0 Å². The first-order chi connectivity index (χ1) is 18.9. The summed E-state index contributed by atoms with van der Waals surface area (Å²) in [5.74, 6) is -1.45. The van der Waals surface area contributed by atoms with E-state index in [1.807, 2.05) is 19.1 Å². The minimum Gasteiger partial charge on any atom is -0.385 e. The molecule has 5 nitrogen and oxygen atoms in total. The number of rotatable bonds is 5. The molecule has 0 radical (unpaired) electrons. The average Bonchev–Trinajstić information content (AvgIpc) is 3.16. The molecule has 0 bridgehead atoms. The van der Waals surface area contributed by atoms with E-state index in [1.165, 1.54) is 18.2 Å². The van der Waals surface area contributed by atoms with Crippen LogP contribution in [0.5, 0.6) is 0 Å². The van der Waals surface area contributed by atoms with Gasteiger partial charge in [-0.1, -0.05) is 67.1 Å². The summed E-state index contributed by atoms with van der Waals surface area (Å²) in [4.78, 5) is 26.8. The SMILES string of the molecule is COCC[Si](C)(C)C.Cc1ccc(F)cc1[C@H]1NC(=O)C[C@@H](c2cccc(Cl)c2)[C@]12C(=O)Nc1cc(Cl)ccc12. The van der Waals surface area contributed by atoms with Gasteiger partial charge in [-0.3, -0.25) is 9.59 Å². The monoisotopic (exact) mass is 600 g/mol. The van der Waals surface area contributed by atoms with Crippen LogP contribution in [-0.2, 0) is 19.7 Å². The van der Waals surface area contributed by atoms with Crippen molar-refractivity contribution in [2.24, 2.45) is 0 Å². The highest BCUT2D eigenvalue weighted by atomic mass is 35.5. The Morgan fingerprint density at radius 1 is 1.02 bits per heavy atom. The lowest BCUT2D eigenvalue weighted by Crippen LogP contribution is -2.57. The van der Waals surface area contributed by atoms with Gasteiger partial charge in [-0.2, -0.15) is 0 Å². The van der Waals surface area contributed by atoms with Crippen LogP contribution in [0.25, 0.3) is 0 Å². The van der Waals surface area contributed by atoms with Crippen LogP contribution in [0.1, 0.15) is 40.6 Å². The summed E-state index contributed by atoms with van der Waals surface area (Å²) in [6.07, 6.45) is 0.0840. The van der Waals surface area contributed by atoms with Crippen LogP contribution >= 0.6 is 23.2 Å². The summed E-state index contributed by atoms with van der Waals surface area (Å²) in [6, 6.07) is 17.3. The molecule has 1 spiro atoms. The van der Waals surface area contributed by atoms with Crippen LogP contribution in [0.4, 0.5) is 10.1 Å². The summed E-state index contributed by atoms with van der Waals surface area (Å²) < 4.78 is 19.3. The molecule has 1 fully saturated rings. The first-order valence-electron chi connectivity index (χ1n) is 13.3. The Balaban J connectivity index is 0.000000406. The molecule has 9 heteroatoms. The minimum absolute atomic E-state index is 0.0840. The summed E-state index contributed by atoms with van der Waals surface area (Å²) >= 11 is 12.5. The van der Waals surface area contributed by atoms with Crippen LogP contribution in [-0.4, -0.2) is 33.6 Å². The molecule has 2 aliphatic heterocycles. The summed E-state index contributed by atoms with van der Waals surface area (Å²) in [5.41, 5.74) is 2.19. The van der Waals surface area contributed by atoms with Gasteiger partial charge in [-0.25, -0.2) is 4.39 Å². The Hall–Kier alpha value is -2.71. The number of nitrogens with one attached hydrogen (secondary N) is 2. The fourth-order valence-corrected chi connectivity index (χ4v) is 6.79. The van der Waals surface area contributed by atoms with Gasteiger partial charge < -0.3 is 15.4 Å². The number of carbonyl (C=O) groups is 2. The third-order valence-corrected chi connectivity index (χ3v) is 9.78. The molecule has 2 aliphatic rings. The molecule has 3 aromatic rings. The molecule has 5 rings (SSSR count). The largest absolute Gasteiger partial charge is 0.385 e. The lowest BCUT2D eigenvalue weighted by molar-refractivity contribution is -0.131. The molecule has 40 heavy (non-hydrogen) atoms. The van der Waals surface area contributed by atoms with Gasteiger partial charge in [0.15, 0.2) is 0 Å². The molecule has 1 saturated heterocycles. The van der Waals surface area contributed by atoms with Crippen LogP contribution < -0.4 is 10.6 Å². The molecular weight excluding hydrogens is 566 g/mol. The van der Waals surface area contributed by atoms with Crippen LogP contribution in [0, 0.1) is 12.7 Å². The van der Waals surface area contributed by atoms with Crippen molar-refractivity contribution in [3.8, 4) is 0 Å². The van der Waals surface area contributed by atoms with E-state index in [2.05, 4.69) is 30.3 Å². The fourth-order valence-electron chi connectivity index (χ4n) is 5.60. The van der Waals surface area contributed by atoms with Crippen molar-refractivity contribution in [1.82, 2.24) is 5.32 Å². The van der Waals surface area contributed by atoms with E-state index in [4.69, 9.17) is 27.9 Å². The highest BCUT2D eigenvalue weighted by molar-refractivity contribution is 6.76. The van der Waals surface area contributed by atoms with Crippen LogP contribution in [0.2, 0.25) is 35.7 Å². The third-order valence-electron chi connectivity index (χ3n) is 7.61. The Bertz CT molecular complexity index is 1430. The molecule has 0 aliphatic carbocycles. The van der Waals surface area contributed by atoms with Crippen LogP contribution in [0.15, 0.2) is 60.7 Å². The van der Waals surface area contributed by atoms with Gasteiger partial charge in [0.2, 0.25) is 11.8 Å². The molecule has 0 aromatic heterocycles. The van der Waals surface area contributed by atoms with Gasteiger partial charge in [0.25, 0.3) is 0 Å². The Kier molecular flexibility index (Phi) is 9.10. The maximum absolute atomic E-state index is 14.3. The number of piperidine rings is 1. The number of hydrogen-bond donors (Lipinski definition) is 2. The Morgan fingerprint density at radius 3 is 2.40 bits per heavy atom. The maximum Gasteiger partial charge on any atom is 0.238 e. The summed E-state index contributed by atoms with van der Waals surface area (Å²) in [6.45, 7) is 9.84. The van der Waals surface area contributed by atoms with E-state index in [0.717, 1.165) is 17.7 Å². The molecule has 2 amide bonds. The van der Waals surface area contributed by atoms with Crippen molar-refractivity contribution in [1.29, 1.82) is 0 Å². The molecular formula is C31H35Cl2FN2O3Si. The molecule has 212 valence electrons. The maximum atomic E-state index is 14.3. The van der Waals surface area contributed by atoms with Crippen molar-refractivity contribution in [2.75, 3.05) is 19.0 Å². The normalized spacial score (nSPS) is 21.8. The number of methoxy groups -OCH3 is 1. The van der Waals surface area contributed by atoms with Crippen molar-refractivity contribution in [3.63, 3.8) is 0 Å². The number of carbonyl (C=O) groups excluding carboxylic acids is 2. The average molecular weight is 602 g/mol. The zero-order chi connectivity index (χ0) is 29.2. The zero-order valence-corrected chi connectivity index (χ0v) is 25.9. The summed E-state index contributed by atoms with van der Waals surface area (Å²) in [5, 5.41) is 6.96. The molecule has 3 atom stereocenters. The van der Waals surface area contributed by atoms with E-state index < -0.39 is 31.3 Å². The predicted molar refractivity (Wildman–Crippen MR) is 163 cm³/mol. The zero-order valence-electron chi connectivity index (χ0n) is 23.4. The van der Waals surface area contributed by atoms with Gasteiger partial charge in [0, 0.05) is 49.9 Å². The number of aryl methyl sites for hydroxylation is 1. The molecule has 3 aromatic carbocycles. The molecule has 2 N–H and O–H groups in total. The van der Waals surface area contributed by atoms with E-state index in [0.29, 0.717) is 26.9 Å². The standard InChI is InChI=1S/C25H19Cl2FN2O2.C6H16OSi/c1-13-5-7-17(28)11-18(13)23-25(19-8-6-16(27)10-21(19)29-24(25)32)20(12-22(31)30-23)14-3-2-4-15(26)9-14;1-7-5-6-8(2,3)4/h2-11,20,23H,12H2,1H3,(H,29,32)(H,30,31);5-6H2,1-4H3/t20-,23+,25-;/m0./s1. The van der Waals surface area contributed by atoms with Crippen molar-refractivity contribution in [3.05, 3.63) is 98.8 Å². The quantitative estimate of drug-likeness (QED) is 0.295. The van der Waals surface area contributed by atoms with Crippen LogP contribution in [0.3, 0.4) is 0 Å². The van der Waals surface area contributed by atoms with Crippen molar-refractivity contribution >= 4 is 48.8 Å². The predicted octanol–water partition coefficient (Wildman–Crippen LogP) is 7.65. The highest BCUT2D eigenvalue weighted by Gasteiger charge is 2.61. The lowest BCUT2D eigenvalue weighted by atomic mass is 9.59. The number of fused-ring (bicyclic) bond motifs is 2. The molecule has 0 unspecified atom stereocenters. The number of halogens is 3. The number of amides is 2. The van der Waals surface area contributed by atoms with E-state index in [9.17, 15) is 14.0 Å². The topological polar surface area (TPSA) is 67.4 Å². The number of hydrogen-bond acceptors (Lipinski definition) is 3. The lowest BCUT2D eigenvalue weighted by Gasteiger charge is -2.46. The van der Waals surface area contributed by atoms with Crippen molar-refractivity contribution < 1.29 is 18.7 Å². The highest BCUT2D eigenvalue weighted by Crippen LogP contribution is 2.58. The van der Waals surface area contributed by atoms with Gasteiger partial charge in [0.05, 0.1) is 6.04 Å². The minimum atomic E-state index is -1.21. The Labute approximate surface area is 246 Å². The van der Waals surface area contributed by atoms with Crippen molar-refractivity contribution in [2.45, 2.75) is 56.4 Å². The smallest absolute Gasteiger partial charge is 0.238 e. The number of anilines is 1. The number of benzene rings is 3. The third kappa shape index (κ3) is 6.13.